The summed E-state index contributed by atoms with van der Waals surface area (Å²) in [7, 11) is 0. The number of para-hydroxylation sites is 1. The lowest BCUT2D eigenvalue weighted by Crippen LogP contribution is -1.98. The molecule has 0 aliphatic heterocycles. The number of rotatable bonds is 6. The summed E-state index contributed by atoms with van der Waals surface area (Å²) in [6.07, 6.45) is 0. The van der Waals surface area contributed by atoms with Crippen LogP contribution in [-0.2, 0) is 5.88 Å². The van der Waals surface area contributed by atoms with Gasteiger partial charge in [0.2, 0.25) is 11.8 Å². The summed E-state index contributed by atoms with van der Waals surface area (Å²) in [6, 6.07) is 19.4. The standard InChI is InChI=1S/C22H19ClN2O2S/c1-2-28-20(18-5-3-4-6-19(18)26)22-25-24-21(27-22)17-10-9-15-11-14(13-23)7-8-16(15)12-17/h3-12,20,26H,2,13H2,1H3. The van der Waals surface area contributed by atoms with Crippen molar-refractivity contribution >= 4 is 34.1 Å². The molecular formula is C22H19ClN2O2S. The van der Waals surface area contributed by atoms with Gasteiger partial charge in [0.25, 0.3) is 0 Å². The number of alkyl halides is 1. The monoisotopic (exact) mass is 410 g/mol. The molecule has 28 heavy (non-hydrogen) atoms. The highest BCUT2D eigenvalue weighted by Gasteiger charge is 2.23. The first-order valence-corrected chi connectivity index (χ1v) is 10.6. The van der Waals surface area contributed by atoms with E-state index in [1.54, 1.807) is 23.9 Å². The number of fused-ring (bicyclic) bond motifs is 1. The summed E-state index contributed by atoms with van der Waals surface area (Å²) >= 11 is 7.56. The molecule has 0 aliphatic carbocycles. The van der Waals surface area contributed by atoms with E-state index in [2.05, 4.69) is 23.2 Å². The van der Waals surface area contributed by atoms with Gasteiger partial charge in [-0.05, 0) is 46.4 Å². The molecule has 1 unspecified atom stereocenters. The van der Waals surface area contributed by atoms with Crippen LogP contribution in [0.15, 0.2) is 65.1 Å². The number of phenolic OH excluding ortho intramolecular Hbond substituents is 1. The second-order valence-electron chi connectivity index (χ2n) is 6.37. The number of hydrogen-bond acceptors (Lipinski definition) is 5. The summed E-state index contributed by atoms with van der Waals surface area (Å²) < 4.78 is 6.01. The number of halogens is 1. The van der Waals surface area contributed by atoms with Gasteiger partial charge >= 0.3 is 0 Å². The molecule has 1 aromatic heterocycles. The van der Waals surface area contributed by atoms with Gasteiger partial charge in [-0.3, -0.25) is 0 Å². The Morgan fingerprint density at radius 1 is 1.04 bits per heavy atom. The van der Waals surface area contributed by atoms with Gasteiger partial charge in [0.1, 0.15) is 11.0 Å². The molecule has 0 spiro atoms. The Kier molecular flexibility index (Phi) is 5.55. The minimum Gasteiger partial charge on any atom is -0.508 e. The maximum atomic E-state index is 10.2. The van der Waals surface area contributed by atoms with Crippen molar-refractivity contribution in [2.24, 2.45) is 0 Å². The van der Waals surface area contributed by atoms with Crippen LogP contribution in [0, 0.1) is 0 Å². The zero-order valence-corrected chi connectivity index (χ0v) is 16.9. The number of nitrogens with zero attached hydrogens (tertiary/aromatic N) is 2. The summed E-state index contributed by atoms with van der Waals surface area (Å²) in [5, 5.41) is 20.8. The van der Waals surface area contributed by atoms with E-state index in [9.17, 15) is 5.11 Å². The lowest BCUT2D eigenvalue weighted by atomic mass is 10.0. The first kappa shape index (κ1) is 18.8. The minimum atomic E-state index is -0.209. The number of hydrogen-bond donors (Lipinski definition) is 1. The number of phenols is 1. The quantitative estimate of drug-likeness (QED) is 0.385. The number of benzene rings is 3. The Labute approximate surface area is 172 Å². The lowest BCUT2D eigenvalue weighted by Gasteiger charge is -2.13. The highest BCUT2D eigenvalue weighted by Crippen LogP contribution is 2.39. The summed E-state index contributed by atoms with van der Waals surface area (Å²) in [4.78, 5) is 0. The van der Waals surface area contributed by atoms with Crippen molar-refractivity contribution in [2.75, 3.05) is 5.75 Å². The van der Waals surface area contributed by atoms with Crippen molar-refractivity contribution in [3.8, 4) is 17.2 Å². The molecule has 1 atom stereocenters. The fourth-order valence-electron chi connectivity index (χ4n) is 3.14. The van der Waals surface area contributed by atoms with E-state index in [-0.39, 0.29) is 11.0 Å². The van der Waals surface area contributed by atoms with E-state index < -0.39 is 0 Å². The van der Waals surface area contributed by atoms with E-state index >= 15 is 0 Å². The van der Waals surface area contributed by atoms with Crippen LogP contribution >= 0.6 is 23.4 Å². The molecule has 0 bridgehead atoms. The van der Waals surface area contributed by atoms with E-state index in [4.69, 9.17) is 16.0 Å². The first-order chi connectivity index (χ1) is 13.7. The van der Waals surface area contributed by atoms with Gasteiger partial charge in [-0.1, -0.05) is 43.3 Å². The molecule has 4 aromatic rings. The maximum absolute atomic E-state index is 10.2. The Bertz CT molecular complexity index is 1110. The topological polar surface area (TPSA) is 59.2 Å². The maximum Gasteiger partial charge on any atom is 0.247 e. The normalized spacial score (nSPS) is 12.4. The van der Waals surface area contributed by atoms with Gasteiger partial charge in [-0.25, -0.2) is 0 Å². The van der Waals surface area contributed by atoms with Gasteiger partial charge in [-0.15, -0.1) is 33.6 Å². The third kappa shape index (κ3) is 3.73. The van der Waals surface area contributed by atoms with E-state index in [0.717, 1.165) is 33.2 Å². The molecular weight excluding hydrogens is 392 g/mol. The molecule has 3 aromatic carbocycles. The zero-order chi connectivity index (χ0) is 19.5. The largest absolute Gasteiger partial charge is 0.508 e. The SMILES string of the molecule is CCSC(c1nnc(-c2ccc3cc(CCl)ccc3c2)o1)c1ccccc1O. The fourth-order valence-corrected chi connectivity index (χ4v) is 4.25. The Morgan fingerprint density at radius 2 is 1.82 bits per heavy atom. The fraction of sp³-hybridized carbons (Fsp3) is 0.182. The molecule has 4 rings (SSSR count). The van der Waals surface area contributed by atoms with Crippen LogP contribution in [0.3, 0.4) is 0 Å². The first-order valence-electron chi connectivity index (χ1n) is 9.01. The van der Waals surface area contributed by atoms with Crippen LogP contribution in [0.25, 0.3) is 22.2 Å². The highest BCUT2D eigenvalue weighted by molar-refractivity contribution is 7.99. The molecule has 4 nitrogen and oxygen atoms in total. The summed E-state index contributed by atoms with van der Waals surface area (Å²) in [5.74, 6) is 2.54. The lowest BCUT2D eigenvalue weighted by molar-refractivity contribution is 0.461. The molecule has 0 saturated heterocycles. The second-order valence-corrected chi connectivity index (χ2v) is 8.02. The van der Waals surface area contributed by atoms with Crippen molar-refractivity contribution in [2.45, 2.75) is 18.1 Å². The molecule has 6 heteroatoms. The van der Waals surface area contributed by atoms with E-state index in [1.807, 2.05) is 42.5 Å². The summed E-state index contributed by atoms with van der Waals surface area (Å²) in [6.45, 7) is 2.06. The van der Waals surface area contributed by atoms with Crippen LogP contribution in [0.5, 0.6) is 5.75 Å². The Hall–Kier alpha value is -2.50. The average Bonchev–Trinajstić information content (AvgIpc) is 3.22. The molecule has 0 amide bonds. The third-order valence-corrected chi connectivity index (χ3v) is 5.95. The number of aromatic hydroxyl groups is 1. The van der Waals surface area contributed by atoms with Gasteiger partial charge in [0, 0.05) is 17.0 Å². The smallest absolute Gasteiger partial charge is 0.247 e. The average molecular weight is 411 g/mol. The van der Waals surface area contributed by atoms with Crippen molar-refractivity contribution in [3.63, 3.8) is 0 Å². The van der Waals surface area contributed by atoms with Crippen molar-refractivity contribution in [3.05, 3.63) is 77.7 Å². The Morgan fingerprint density at radius 3 is 2.61 bits per heavy atom. The Balaban J connectivity index is 1.69. The van der Waals surface area contributed by atoms with Crippen LogP contribution < -0.4 is 0 Å². The van der Waals surface area contributed by atoms with E-state index in [1.165, 1.54) is 0 Å². The molecule has 0 saturated carbocycles. The third-order valence-electron chi connectivity index (χ3n) is 4.52. The zero-order valence-electron chi connectivity index (χ0n) is 15.3. The predicted octanol–water partition coefficient (Wildman–Crippen LogP) is 6.18. The van der Waals surface area contributed by atoms with Crippen LogP contribution in [-0.4, -0.2) is 21.1 Å². The van der Waals surface area contributed by atoms with Gasteiger partial charge in [0.15, 0.2) is 0 Å². The molecule has 1 heterocycles. The molecule has 0 radical (unpaired) electrons. The number of thioether (sulfide) groups is 1. The van der Waals surface area contributed by atoms with E-state index in [0.29, 0.717) is 17.7 Å². The van der Waals surface area contributed by atoms with Gasteiger partial charge in [-0.2, -0.15) is 0 Å². The predicted molar refractivity (Wildman–Crippen MR) is 115 cm³/mol. The number of aromatic nitrogens is 2. The van der Waals surface area contributed by atoms with Gasteiger partial charge in [0.05, 0.1) is 0 Å². The molecule has 0 aliphatic rings. The van der Waals surface area contributed by atoms with Crippen molar-refractivity contribution in [1.29, 1.82) is 0 Å². The van der Waals surface area contributed by atoms with Crippen LogP contribution in [0.4, 0.5) is 0 Å². The van der Waals surface area contributed by atoms with Gasteiger partial charge < -0.3 is 9.52 Å². The minimum absolute atomic E-state index is 0.209. The molecule has 0 fully saturated rings. The second kappa shape index (κ2) is 8.25. The van der Waals surface area contributed by atoms with Crippen LogP contribution in [0.1, 0.15) is 29.2 Å². The molecule has 1 N–H and O–H groups in total. The summed E-state index contributed by atoms with van der Waals surface area (Å²) in [5.41, 5.74) is 2.73. The van der Waals surface area contributed by atoms with Crippen molar-refractivity contribution in [1.82, 2.24) is 10.2 Å². The van der Waals surface area contributed by atoms with Crippen LogP contribution in [0.2, 0.25) is 0 Å². The van der Waals surface area contributed by atoms with Crippen molar-refractivity contribution < 1.29 is 9.52 Å². The molecule has 142 valence electrons. The highest BCUT2D eigenvalue weighted by atomic mass is 35.5.